The summed E-state index contributed by atoms with van der Waals surface area (Å²) >= 11 is 0. The van der Waals surface area contributed by atoms with E-state index >= 15 is 0 Å². The van der Waals surface area contributed by atoms with E-state index in [9.17, 15) is 0 Å². The van der Waals surface area contributed by atoms with Gasteiger partial charge in [0.05, 0.1) is 0 Å². The van der Waals surface area contributed by atoms with Crippen molar-refractivity contribution in [3.63, 3.8) is 0 Å². The van der Waals surface area contributed by atoms with Crippen LogP contribution in [0.5, 0.6) is 6.01 Å². The Labute approximate surface area is 112 Å². The van der Waals surface area contributed by atoms with Crippen LogP contribution >= 0.6 is 0 Å². The Bertz CT molecular complexity index is 530. The lowest BCUT2D eigenvalue weighted by molar-refractivity contribution is 0.247. The average Bonchev–Trinajstić information content (AvgIpc) is 2.90. The van der Waals surface area contributed by atoms with Crippen molar-refractivity contribution in [2.45, 2.75) is 40.0 Å². The highest BCUT2D eigenvalue weighted by molar-refractivity contribution is 5.20. The van der Waals surface area contributed by atoms with Gasteiger partial charge in [0.2, 0.25) is 0 Å². The molecule has 0 spiro atoms. The lowest BCUT2D eigenvalue weighted by Gasteiger charge is -2.05. The molecule has 2 rings (SSSR count). The van der Waals surface area contributed by atoms with Crippen LogP contribution in [0, 0.1) is 6.92 Å². The quantitative estimate of drug-likeness (QED) is 0.861. The second kappa shape index (κ2) is 5.88. The summed E-state index contributed by atoms with van der Waals surface area (Å²) in [5.41, 5.74) is 1.15. The Balaban J connectivity index is 1.92. The van der Waals surface area contributed by atoms with Crippen LogP contribution < -0.4 is 10.1 Å². The van der Waals surface area contributed by atoms with Gasteiger partial charge in [-0.1, -0.05) is 13.8 Å². The molecule has 2 aromatic rings. The van der Waals surface area contributed by atoms with Gasteiger partial charge in [-0.25, -0.2) is 0 Å². The highest BCUT2D eigenvalue weighted by Crippen LogP contribution is 2.16. The monoisotopic (exact) mass is 264 g/mol. The number of aromatic nitrogens is 3. The maximum absolute atomic E-state index is 5.65. The summed E-state index contributed by atoms with van der Waals surface area (Å²) in [6.45, 7) is 7.33. The SMILES string of the molecule is Cc1oc(COc2ncn(C)n2)cc1CNC(C)C. The third-order valence-corrected chi connectivity index (χ3v) is 2.69. The minimum absolute atomic E-state index is 0.340. The van der Waals surface area contributed by atoms with Gasteiger partial charge >= 0.3 is 6.01 Å². The van der Waals surface area contributed by atoms with E-state index in [1.165, 1.54) is 0 Å². The van der Waals surface area contributed by atoms with E-state index in [1.807, 2.05) is 13.0 Å². The molecule has 0 bridgehead atoms. The van der Waals surface area contributed by atoms with Gasteiger partial charge in [0, 0.05) is 25.2 Å². The molecule has 2 heterocycles. The van der Waals surface area contributed by atoms with Crippen LogP contribution in [0.2, 0.25) is 0 Å². The molecule has 0 aliphatic heterocycles. The number of nitrogens with one attached hydrogen (secondary N) is 1. The second-order valence-electron chi connectivity index (χ2n) is 4.82. The summed E-state index contributed by atoms with van der Waals surface area (Å²) in [6.07, 6.45) is 1.60. The first-order valence-electron chi connectivity index (χ1n) is 6.34. The van der Waals surface area contributed by atoms with Gasteiger partial charge in [0.25, 0.3) is 0 Å². The van der Waals surface area contributed by atoms with Gasteiger partial charge in [-0.3, -0.25) is 4.68 Å². The maximum atomic E-state index is 5.65. The van der Waals surface area contributed by atoms with Crippen molar-refractivity contribution in [2.75, 3.05) is 0 Å². The zero-order valence-corrected chi connectivity index (χ0v) is 11.8. The number of rotatable bonds is 6. The van der Waals surface area contributed by atoms with Gasteiger partial charge < -0.3 is 14.5 Å². The summed E-state index contributed by atoms with van der Waals surface area (Å²) in [7, 11) is 1.80. The van der Waals surface area contributed by atoms with Crippen LogP contribution in [-0.4, -0.2) is 20.8 Å². The Hall–Kier alpha value is -1.82. The summed E-state index contributed by atoms with van der Waals surface area (Å²) in [5, 5.41) is 7.41. The smallest absolute Gasteiger partial charge is 0.335 e. The molecular weight excluding hydrogens is 244 g/mol. The zero-order valence-electron chi connectivity index (χ0n) is 11.8. The molecule has 0 amide bonds. The fraction of sp³-hybridized carbons (Fsp3) is 0.538. The predicted molar refractivity (Wildman–Crippen MR) is 70.8 cm³/mol. The number of ether oxygens (including phenoxy) is 1. The van der Waals surface area contributed by atoms with Crippen LogP contribution in [-0.2, 0) is 20.2 Å². The van der Waals surface area contributed by atoms with Crippen molar-refractivity contribution in [3.8, 4) is 6.01 Å². The predicted octanol–water partition coefficient (Wildman–Crippen LogP) is 1.79. The van der Waals surface area contributed by atoms with Gasteiger partial charge in [0.15, 0.2) is 0 Å². The Morgan fingerprint density at radius 3 is 2.89 bits per heavy atom. The third-order valence-electron chi connectivity index (χ3n) is 2.69. The van der Waals surface area contributed by atoms with Gasteiger partial charge in [-0.15, -0.1) is 5.10 Å². The Morgan fingerprint density at radius 1 is 1.47 bits per heavy atom. The van der Waals surface area contributed by atoms with Crippen molar-refractivity contribution >= 4 is 0 Å². The average molecular weight is 264 g/mol. The van der Waals surface area contributed by atoms with Crippen LogP contribution in [0.25, 0.3) is 0 Å². The number of furan rings is 1. The standard InChI is InChI=1S/C13H20N4O2/c1-9(2)14-6-11-5-12(19-10(11)3)7-18-13-15-8-17(4)16-13/h5,8-9,14H,6-7H2,1-4H3. The van der Waals surface area contributed by atoms with E-state index in [4.69, 9.17) is 9.15 Å². The number of hydrogen-bond acceptors (Lipinski definition) is 5. The molecular formula is C13H20N4O2. The van der Waals surface area contributed by atoms with E-state index in [0.717, 1.165) is 23.6 Å². The zero-order chi connectivity index (χ0) is 13.8. The number of hydrogen-bond donors (Lipinski definition) is 1. The van der Waals surface area contributed by atoms with Crippen molar-refractivity contribution in [1.82, 2.24) is 20.1 Å². The summed E-state index contributed by atoms with van der Waals surface area (Å²) < 4.78 is 12.7. The lowest BCUT2D eigenvalue weighted by Crippen LogP contribution is -2.21. The Kier molecular flexibility index (Phi) is 4.21. The summed E-state index contributed by atoms with van der Waals surface area (Å²) in [6, 6.07) is 2.82. The Morgan fingerprint density at radius 2 is 2.26 bits per heavy atom. The first kappa shape index (κ1) is 13.6. The maximum Gasteiger partial charge on any atom is 0.335 e. The minimum Gasteiger partial charge on any atom is -0.462 e. The molecule has 6 heteroatoms. The molecule has 104 valence electrons. The normalized spacial score (nSPS) is 11.2. The summed E-state index contributed by atoms with van der Waals surface area (Å²) in [5.74, 6) is 1.70. The van der Waals surface area contributed by atoms with E-state index in [-0.39, 0.29) is 0 Å². The van der Waals surface area contributed by atoms with Crippen molar-refractivity contribution < 1.29 is 9.15 Å². The van der Waals surface area contributed by atoms with Crippen molar-refractivity contribution in [3.05, 3.63) is 29.5 Å². The largest absolute Gasteiger partial charge is 0.462 e. The molecule has 0 fully saturated rings. The van der Waals surface area contributed by atoms with Crippen LogP contribution in [0.4, 0.5) is 0 Å². The first-order chi connectivity index (χ1) is 9.04. The summed E-state index contributed by atoms with van der Waals surface area (Å²) in [4.78, 5) is 4.00. The van der Waals surface area contributed by atoms with Gasteiger partial charge in [0.1, 0.15) is 24.5 Å². The van der Waals surface area contributed by atoms with E-state index in [0.29, 0.717) is 18.7 Å². The van der Waals surface area contributed by atoms with Crippen molar-refractivity contribution in [1.29, 1.82) is 0 Å². The fourth-order valence-corrected chi connectivity index (χ4v) is 1.67. The molecule has 0 unspecified atom stereocenters. The fourth-order valence-electron chi connectivity index (χ4n) is 1.67. The van der Waals surface area contributed by atoms with Crippen LogP contribution in [0.3, 0.4) is 0 Å². The van der Waals surface area contributed by atoms with E-state index < -0.39 is 0 Å². The molecule has 1 N–H and O–H groups in total. The molecule has 19 heavy (non-hydrogen) atoms. The van der Waals surface area contributed by atoms with Gasteiger partial charge in [-0.05, 0) is 13.0 Å². The highest BCUT2D eigenvalue weighted by atomic mass is 16.5. The molecule has 0 radical (unpaired) electrons. The molecule has 2 aromatic heterocycles. The van der Waals surface area contributed by atoms with E-state index in [1.54, 1.807) is 18.1 Å². The molecule has 0 saturated heterocycles. The lowest BCUT2D eigenvalue weighted by atomic mass is 10.2. The topological polar surface area (TPSA) is 65.1 Å². The number of nitrogens with zero attached hydrogens (tertiary/aromatic N) is 3. The molecule has 0 aliphatic carbocycles. The molecule has 0 saturated carbocycles. The van der Waals surface area contributed by atoms with Crippen LogP contribution in [0.1, 0.15) is 30.9 Å². The molecule has 0 atom stereocenters. The second-order valence-corrected chi connectivity index (χ2v) is 4.82. The molecule has 6 nitrogen and oxygen atoms in total. The first-order valence-corrected chi connectivity index (χ1v) is 6.34. The minimum atomic E-state index is 0.340. The third kappa shape index (κ3) is 3.82. The molecule has 0 aliphatic rings. The highest BCUT2D eigenvalue weighted by Gasteiger charge is 2.09. The van der Waals surface area contributed by atoms with E-state index in [2.05, 4.69) is 29.2 Å². The molecule has 0 aromatic carbocycles. The van der Waals surface area contributed by atoms with Gasteiger partial charge in [-0.2, -0.15) is 4.98 Å². The van der Waals surface area contributed by atoms with Crippen molar-refractivity contribution in [2.24, 2.45) is 7.05 Å². The number of aryl methyl sites for hydroxylation is 2. The van der Waals surface area contributed by atoms with Crippen LogP contribution in [0.15, 0.2) is 16.8 Å².